The number of pyridine rings is 2. The van der Waals surface area contributed by atoms with Crippen LogP contribution in [0, 0.1) is 0 Å². The highest BCUT2D eigenvalue weighted by Gasteiger charge is 2.41. The molecule has 3 aromatic rings. The fourth-order valence-electron chi connectivity index (χ4n) is 4.98. The van der Waals surface area contributed by atoms with Crippen molar-refractivity contribution in [3.8, 4) is 17.1 Å². The molecule has 33 heavy (non-hydrogen) atoms. The van der Waals surface area contributed by atoms with Crippen molar-refractivity contribution in [2.45, 2.75) is 57.7 Å². The number of rotatable bonds is 4. The van der Waals surface area contributed by atoms with Crippen LogP contribution in [0.2, 0.25) is 19.1 Å². The summed E-state index contributed by atoms with van der Waals surface area (Å²) >= 11 is 0. The highest BCUT2D eigenvalue weighted by Crippen LogP contribution is 2.43. The molecule has 5 rings (SSSR count). The topological polar surface area (TPSA) is 105 Å². The minimum absolute atomic E-state index is 0.0758. The number of hydrogen-bond acceptors (Lipinski definition) is 6. The van der Waals surface area contributed by atoms with Gasteiger partial charge in [0.1, 0.15) is 23.7 Å². The van der Waals surface area contributed by atoms with Crippen LogP contribution in [0.25, 0.3) is 22.3 Å². The van der Waals surface area contributed by atoms with Gasteiger partial charge in [0.05, 0.1) is 29.0 Å². The van der Waals surface area contributed by atoms with Gasteiger partial charge < -0.3 is 24.3 Å². The predicted octanol–water partition coefficient (Wildman–Crippen LogP) is 3.51. The molecular weight excluding hydrogens is 436 g/mol. The zero-order valence-corrected chi connectivity index (χ0v) is 20.1. The van der Waals surface area contributed by atoms with Gasteiger partial charge in [0.15, 0.2) is 8.32 Å². The number of aromatic hydroxyl groups is 1. The molecule has 0 radical (unpaired) electrons. The van der Waals surface area contributed by atoms with E-state index in [1.807, 2.05) is 26.1 Å². The Morgan fingerprint density at radius 3 is 2.73 bits per heavy atom. The molecule has 0 spiro atoms. The number of aliphatic hydroxyl groups is 1. The van der Waals surface area contributed by atoms with Crippen LogP contribution in [0.15, 0.2) is 41.4 Å². The Bertz CT molecular complexity index is 1390. The molecule has 7 nitrogen and oxygen atoms in total. The van der Waals surface area contributed by atoms with Gasteiger partial charge in [-0.1, -0.05) is 13.5 Å². The van der Waals surface area contributed by atoms with Crippen molar-refractivity contribution in [3.05, 3.63) is 69.2 Å². The van der Waals surface area contributed by atoms with Crippen molar-refractivity contribution < 1.29 is 19.7 Å². The predicted molar refractivity (Wildman–Crippen MR) is 129 cm³/mol. The maximum absolute atomic E-state index is 13.5. The summed E-state index contributed by atoms with van der Waals surface area (Å²) in [5.41, 5.74) is 3.34. The van der Waals surface area contributed by atoms with Crippen molar-refractivity contribution in [1.82, 2.24) is 9.55 Å². The third-order valence-corrected chi connectivity index (χ3v) is 8.42. The standard InChI is InChI=1S/C25H28N2O5Si/c1-5-25(30)14(2)32-13-19-20(25)11-22-23-18(12-27(22)24(19)29)16(8-9-33(3,4)31)17-10-15(28)6-7-21(17)26-23/h6-7,10-11,28,30-31H,2,5,8-9,12-13H2,1,3-4H3/t25-/m1/s1. The second-order valence-electron chi connectivity index (χ2n) is 9.67. The Hall–Kier alpha value is -2.94. The lowest BCUT2D eigenvalue weighted by molar-refractivity contribution is -0.0172. The summed E-state index contributed by atoms with van der Waals surface area (Å²) in [6, 6.07) is 7.58. The fraction of sp³-hybridized carbons (Fsp3) is 0.360. The van der Waals surface area contributed by atoms with Crippen molar-refractivity contribution >= 4 is 19.2 Å². The Kier molecular flexibility index (Phi) is 4.83. The van der Waals surface area contributed by atoms with E-state index in [0.29, 0.717) is 47.9 Å². The number of hydrogen-bond donors (Lipinski definition) is 3. The lowest BCUT2D eigenvalue weighted by atomic mass is 9.84. The molecule has 1 atom stereocenters. The first kappa shape index (κ1) is 21.9. The minimum atomic E-state index is -2.33. The normalized spacial score (nSPS) is 19.2. The monoisotopic (exact) mass is 464 g/mol. The number of aromatic nitrogens is 2. The van der Waals surface area contributed by atoms with Gasteiger partial charge in [-0.3, -0.25) is 4.79 Å². The molecule has 4 heterocycles. The van der Waals surface area contributed by atoms with E-state index >= 15 is 0 Å². The van der Waals surface area contributed by atoms with Crippen LogP contribution < -0.4 is 5.56 Å². The van der Waals surface area contributed by atoms with Gasteiger partial charge in [0.2, 0.25) is 0 Å². The molecule has 3 N–H and O–H groups in total. The van der Waals surface area contributed by atoms with Gasteiger partial charge in [-0.25, -0.2) is 4.98 Å². The molecule has 172 valence electrons. The van der Waals surface area contributed by atoms with Crippen LogP contribution in [0.1, 0.15) is 35.6 Å². The number of fused-ring (bicyclic) bond motifs is 5. The van der Waals surface area contributed by atoms with Crippen molar-refractivity contribution in [2.24, 2.45) is 0 Å². The Balaban J connectivity index is 1.77. The van der Waals surface area contributed by atoms with E-state index in [1.165, 1.54) is 0 Å². The Morgan fingerprint density at radius 2 is 2.03 bits per heavy atom. The molecule has 2 aliphatic rings. The quantitative estimate of drug-likeness (QED) is 0.399. The zero-order valence-electron chi connectivity index (χ0n) is 19.1. The molecule has 1 aromatic carbocycles. The maximum Gasteiger partial charge on any atom is 0.258 e. The number of phenols is 1. The largest absolute Gasteiger partial charge is 0.508 e. The molecule has 0 bridgehead atoms. The first-order chi connectivity index (χ1) is 15.5. The van der Waals surface area contributed by atoms with Crippen LogP contribution in [-0.4, -0.2) is 32.9 Å². The first-order valence-corrected chi connectivity index (χ1v) is 14.4. The van der Waals surface area contributed by atoms with Crippen LogP contribution in [-0.2, 0) is 29.9 Å². The van der Waals surface area contributed by atoms with Crippen LogP contribution in [0.4, 0.5) is 0 Å². The average molecular weight is 465 g/mol. The Morgan fingerprint density at radius 1 is 1.27 bits per heavy atom. The highest BCUT2D eigenvalue weighted by molar-refractivity contribution is 6.69. The van der Waals surface area contributed by atoms with E-state index in [9.17, 15) is 19.8 Å². The summed E-state index contributed by atoms with van der Waals surface area (Å²) in [5.74, 6) is 0.399. The van der Waals surface area contributed by atoms with E-state index in [4.69, 9.17) is 9.72 Å². The molecule has 0 aliphatic carbocycles. The summed E-state index contributed by atoms with van der Waals surface area (Å²) in [6.07, 6.45) is 0.961. The molecular formula is C25H28N2O5Si. The molecule has 2 aromatic heterocycles. The fourth-order valence-corrected chi connectivity index (χ4v) is 5.84. The highest BCUT2D eigenvalue weighted by atomic mass is 28.4. The molecule has 0 amide bonds. The third-order valence-electron chi connectivity index (χ3n) is 6.94. The Labute approximate surface area is 192 Å². The number of ether oxygens (including phenoxy) is 1. The van der Waals surface area contributed by atoms with Gasteiger partial charge in [0, 0.05) is 16.5 Å². The smallest absolute Gasteiger partial charge is 0.258 e. The SMILES string of the molecule is C=C1OCc2c(cc3n(c2=O)Cc2c-3nc3ccc(O)cc3c2CC[Si](C)(C)O)[C@@]1(O)CC. The van der Waals surface area contributed by atoms with Crippen molar-refractivity contribution in [1.29, 1.82) is 0 Å². The first-order valence-electron chi connectivity index (χ1n) is 11.2. The molecule has 0 saturated carbocycles. The molecule has 2 aliphatic heterocycles. The second kappa shape index (κ2) is 7.28. The van der Waals surface area contributed by atoms with Gasteiger partial charge in [0.25, 0.3) is 5.56 Å². The van der Waals surface area contributed by atoms with E-state index in [0.717, 1.165) is 22.0 Å². The van der Waals surface area contributed by atoms with Crippen LogP contribution in [0.5, 0.6) is 5.75 Å². The van der Waals surface area contributed by atoms with Gasteiger partial charge >= 0.3 is 0 Å². The van der Waals surface area contributed by atoms with Crippen LogP contribution in [0.3, 0.4) is 0 Å². The molecule has 0 saturated heterocycles. The lowest BCUT2D eigenvalue weighted by Crippen LogP contribution is -2.38. The van der Waals surface area contributed by atoms with E-state index in [-0.39, 0.29) is 23.7 Å². The summed E-state index contributed by atoms with van der Waals surface area (Å²) < 4.78 is 7.27. The second-order valence-corrected chi connectivity index (χ2v) is 13.8. The van der Waals surface area contributed by atoms with Crippen LogP contribution >= 0.6 is 0 Å². The maximum atomic E-state index is 13.5. The average Bonchev–Trinajstić information content (AvgIpc) is 3.12. The van der Waals surface area contributed by atoms with Gasteiger partial charge in [-0.15, -0.1) is 0 Å². The number of nitrogens with zero attached hydrogens (tertiary/aromatic N) is 2. The summed E-state index contributed by atoms with van der Waals surface area (Å²) in [6.45, 7) is 9.94. The summed E-state index contributed by atoms with van der Waals surface area (Å²) in [4.78, 5) is 28.9. The van der Waals surface area contributed by atoms with Gasteiger partial charge in [-0.2, -0.15) is 0 Å². The van der Waals surface area contributed by atoms with E-state index in [2.05, 4.69) is 6.58 Å². The zero-order chi connectivity index (χ0) is 23.7. The number of aryl methyl sites for hydroxylation is 1. The summed E-state index contributed by atoms with van der Waals surface area (Å²) in [7, 11) is -2.33. The van der Waals surface area contributed by atoms with E-state index in [1.54, 1.807) is 22.8 Å². The molecule has 0 fully saturated rings. The summed E-state index contributed by atoms with van der Waals surface area (Å²) in [5, 5.41) is 22.3. The van der Waals surface area contributed by atoms with Crippen molar-refractivity contribution in [3.63, 3.8) is 0 Å². The van der Waals surface area contributed by atoms with E-state index < -0.39 is 13.9 Å². The third kappa shape index (κ3) is 3.32. The molecule has 0 unspecified atom stereocenters. The lowest BCUT2D eigenvalue weighted by Gasteiger charge is -2.35. The number of benzene rings is 1. The molecule has 8 heteroatoms. The van der Waals surface area contributed by atoms with Crippen molar-refractivity contribution in [2.75, 3.05) is 0 Å². The van der Waals surface area contributed by atoms with Gasteiger partial charge in [-0.05, 0) is 61.8 Å². The minimum Gasteiger partial charge on any atom is -0.508 e. The number of phenolic OH excluding ortho intramolecular Hbond substituents is 1.